The molecule has 0 aliphatic rings. The SMILES string of the molecule is O=C(/C=C/c1ccc(Cl)cc1)c1c(O)c2ccccc2oc1=O. The third-order valence-electron chi connectivity index (χ3n) is 3.33. The highest BCUT2D eigenvalue weighted by Gasteiger charge is 2.18. The molecule has 0 aliphatic heterocycles. The molecule has 0 saturated heterocycles. The maximum Gasteiger partial charge on any atom is 0.351 e. The zero-order valence-electron chi connectivity index (χ0n) is 11.8. The van der Waals surface area contributed by atoms with Crippen LogP contribution in [0.3, 0.4) is 0 Å². The van der Waals surface area contributed by atoms with Gasteiger partial charge in [-0.15, -0.1) is 0 Å². The van der Waals surface area contributed by atoms with E-state index in [1.807, 2.05) is 0 Å². The molecule has 1 heterocycles. The van der Waals surface area contributed by atoms with E-state index in [-0.39, 0.29) is 16.9 Å². The van der Waals surface area contributed by atoms with Crippen molar-refractivity contribution in [1.82, 2.24) is 0 Å². The second-order valence-corrected chi connectivity index (χ2v) is 5.29. The fourth-order valence-corrected chi connectivity index (χ4v) is 2.31. The van der Waals surface area contributed by atoms with Crippen molar-refractivity contribution in [3.05, 3.63) is 81.2 Å². The first-order valence-electron chi connectivity index (χ1n) is 6.79. The highest BCUT2D eigenvalue weighted by atomic mass is 35.5. The minimum atomic E-state index is -0.869. The van der Waals surface area contributed by atoms with Gasteiger partial charge in [0.1, 0.15) is 16.9 Å². The standard InChI is InChI=1S/C18H11ClO4/c19-12-8-5-11(6-9-12)7-10-14(20)16-17(21)13-3-1-2-4-15(13)23-18(16)22/h1-10,21H/b10-7+. The lowest BCUT2D eigenvalue weighted by Gasteiger charge is -2.03. The number of carbonyl (C=O) groups excluding carboxylic acids is 1. The number of allylic oxidation sites excluding steroid dienone is 1. The molecule has 0 saturated carbocycles. The predicted molar refractivity (Wildman–Crippen MR) is 89.0 cm³/mol. The summed E-state index contributed by atoms with van der Waals surface area (Å²) in [5.74, 6) is -1.00. The molecule has 0 fully saturated rings. The molecule has 0 radical (unpaired) electrons. The number of benzene rings is 2. The molecule has 5 heteroatoms. The van der Waals surface area contributed by atoms with Gasteiger partial charge in [-0.3, -0.25) is 4.79 Å². The Labute approximate surface area is 136 Å². The van der Waals surface area contributed by atoms with Crippen molar-refractivity contribution in [3.63, 3.8) is 0 Å². The summed E-state index contributed by atoms with van der Waals surface area (Å²) in [5.41, 5.74) is -0.276. The van der Waals surface area contributed by atoms with Gasteiger partial charge in [-0.05, 0) is 35.9 Å². The summed E-state index contributed by atoms with van der Waals surface area (Å²) < 4.78 is 5.07. The minimum absolute atomic E-state index is 0.230. The van der Waals surface area contributed by atoms with Crippen molar-refractivity contribution in [1.29, 1.82) is 0 Å². The van der Waals surface area contributed by atoms with Gasteiger partial charge in [0.2, 0.25) is 0 Å². The van der Waals surface area contributed by atoms with Crippen LogP contribution in [0.1, 0.15) is 15.9 Å². The number of ketones is 1. The fourth-order valence-electron chi connectivity index (χ4n) is 2.18. The average molecular weight is 327 g/mol. The van der Waals surface area contributed by atoms with Gasteiger partial charge in [-0.1, -0.05) is 41.9 Å². The van der Waals surface area contributed by atoms with E-state index in [1.165, 1.54) is 12.2 Å². The zero-order chi connectivity index (χ0) is 16.4. The molecule has 1 N–H and O–H groups in total. The third-order valence-corrected chi connectivity index (χ3v) is 3.58. The highest BCUT2D eigenvalue weighted by Crippen LogP contribution is 2.26. The number of halogens is 1. The van der Waals surface area contributed by atoms with Gasteiger partial charge in [0, 0.05) is 5.02 Å². The topological polar surface area (TPSA) is 67.5 Å². The van der Waals surface area contributed by atoms with Crippen molar-refractivity contribution in [2.45, 2.75) is 0 Å². The average Bonchev–Trinajstić information content (AvgIpc) is 2.54. The maximum atomic E-state index is 12.2. The van der Waals surface area contributed by atoms with E-state index in [1.54, 1.807) is 48.5 Å². The van der Waals surface area contributed by atoms with E-state index >= 15 is 0 Å². The molecular weight excluding hydrogens is 316 g/mol. The van der Waals surface area contributed by atoms with Crippen LogP contribution >= 0.6 is 11.6 Å². The largest absolute Gasteiger partial charge is 0.506 e. The van der Waals surface area contributed by atoms with Crippen LogP contribution in [0.2, 0.25) is 5.02 Å². The van der Waals surface area contributed by atoms with Crippen molar-refractivity contribution < 1.29 is 14.3 Å². The maximum absolute atomic E-state index is 12.2. The number of para-hydroxylation sites is 1. The van der Waals surface area contributed by atoms with E-state index in [9.17, 15) is 14.7 Å². The Morgan fingerprint density at radius 1 is 1.09 bits per heavy atom. The summed E-state index contributed by atoms with van der Waals surface area (Å²) >= 11 is 5.79. The number of aromatic hydroxyl groups is 1. The second kappa shape index (κ2) is 6.10. The lowest BCUT2D eigenvalue weighted by Crippen LogP contribution is -2.12. The number of hydrogen-bond donors (Lipinski definition) is 1. The van der Waals surface area contributed by atoms with Crippen LogP contribution < -0.4 is 5.63 Å². The van der Waals surface area contributed by atoms with Crippen LogP contribution in [0.25, 0.3) is 17.0 Å². The summed E-state index contributed by atoms with van der Waals surface area (Å²) in [6.07, 6.45) is 2.75. The van der Waals surface area contributed by atoms with Gasteiger partial charge in [0.05, 0.1) is 5.39 Å². The molecule has 114 valence electrons. The lowest BCUT2D eigenvalue weighted by atomic mass is 10.1. The molecule has 0 unspecified atom stereocenters. The van der Waals surface area contributed by atoms with E-state index in [4.69, 9.17) is 16.0 Å². The van der Waals surface area contributed by atoms with Gasteiger partial charge >= 0.3 is 5.63 Å². The van der Waals surface area contributed by atoms with Gasteiger partial charge < -0.3 is 9.52 Å². The summed E-state index contributed by atoms with van der Waals surface area (Å²) in [6, 6.07) is 13.3. The quantitative estimate of drug-likeness (QED) is 0.448. The van der Waals surface area contributed by atoms with Crippen LogP contribution in [0, 0.1) is 0 Å². The van der Waals surface area contributed by atoms with Gasteiger partial charge in [0.15, 0.2) is 5.78 Å². The Morgan fingerprint density at radius 3 is 2.52 bits per heavy atom. The van der Waals surface area contributed by atoms with Crippen LogP contribution in [0.15, 0.2) is 63.8 Å². The first kappa shape index (κ1) is 15.1. The first-order valence-corrected chi connectivity index (χ1v) is 7.17. The van der Waals surface area contributed by atoms with Crippen molar-refractivity contribution in [3.8, 4) is 5.75 Å². The number of carbonyl (C=O) groups is 1. The highest BCUT2D eigenvalue weighted by molar-refractivity contribution is 6.30. The Hall–Kier alpha value is -2.85. The van der Waals surface area contributed by atoms with Crippen LogP contribution in [0.5, 0.6) is 5.75 Å². The normalized spacial score (nSPS) is 11.2. The molecule has 2 aromatic carbocycles. The molecule has 3 rings (SSSR count). The Morgan fingerprint density at radius 2 is 1.78 bits per heavy atom. The summed E-state index contributed by atoms with van der Waals surface area (Å²) in [6.45, 7) is 0. The molecule has 3 aromatic rings. The Bertz CT molecular complexity index is 968. The number of rotatable bonds is 3. The molecule has 0 bridgehead atoms. The summed E-state index contributed by atoms with van der Waals surface area (Å²) in [4.78, 5) is 24.2. The Kier molecular flexibility index (Phi) is 4.00. The molecule has 0 aliphatic carbocycles. The smallest absolute Gasteiger partial charge is 0.351 e. The molecular formula is C18H11ClO4. The van der Waals surface area contributed by atoms with Crippen LogP contribution in [0.4, 0.5) is 0 Å². The Balaban J connectivity index is 2.01. The van der Waals surface area contributed by atoms with E-state index in [2.05, 4.69) is 0 Å². The summed E-state index contributed by atoms with van der Waals surface area (Å²) in [7, 11) is 0. The molecule has 0 amide bonds. The van der Waals surface area contributed by atoms with Gasteiger partial charge in [0.25, 0.3) is 0 Å². The minimum Gasteiger partial charge on any atom is -0.506 e. The van der Waals surface area contributed by atoms with Crippen molar-refractivity contribution in [2.24, 2.45) is 0 Å². The van der Waals surface area contributed by atoms with Crippen molar-refractivity contribution in [2.75, 3.05) is 0 Å². The van der Waals surface area contributed by atoms with Crippen molar-refractivity contribution >= 4 is 34.4 Å². The lowest BCUT2D eigenvalue weighted by molar-refractivity contribution is 0.104. The van der Waals surface area contributed by atoms with E-state index in [0.29, 0.717) is 10.4 Å². The number of fused-ring (bicyclic) bond motifs is 1. The fraction of sp³-hybridized carbons (Fsp3) is 0. The molecule has 23 heavy (non-hydrogen) atoms. The van der Waals surface area contributed by atoms with Gasteiger partial charge in [-0.2, -0.15) is 0 Å². The zero-order valence-corrected chi connectivity index (χ0v) is 12.6. The molecule has 1 aromatic heterocycles. The van der Waals surface area contributed by atoms with E-state index in [0.717, 1.165) is 5.56 Å². The molecule has 0 spiro atoms. The van der Waals surface area contributed by atoms with Crippen LogP contribution in [-0.4, -0.2) is 10.9 Å². The predicted octanol–water partition coefficient (Wildman–Crippen LogP) is 4.05. The summed E-state index contributed by atoms with van der Waals surface area (Å²) in [5, 5.41) is 11.1. The number of hydrogen-bond acceptors (Lipinski definition) is 4. The van der Waals surface area contributed by atoms with Gasteiger partial charge in [-0.25, -0.2) is 4.79 Å². The second-order valence-electron chi connectivity index (χ2n) is 4.86. The van der Waals surface area contributed by atoms with E-state index < -0.39 is 11.4 Å². The molecule has 0 atom stereocenters. The third kappa shape index (κ3) is 3.03. The first-order chi connectivity index (χ1) is 11.1. The monoisotopic (exact) mass is 326 g/mol. The molecule has 4 nitrogen and oxygen atoms in total. The van der Waals surface area contributed by atoms with Crippen LogP contribution in [-0.2, 0) is 0 Å².